The molecule has 0 aromatic heterocycles. The normalized spacial score (nSPS) is 8.55. The molecule has 3 heteroatoms. The Bertz CT molecular complexity index is 439. The minimum atomic E-state index is -0.635. The third kappa shape index (κ3) is 7.62. The highest BCUT2D eigenvalue weighted by atomic mass is 16.2. The Kier molecular flexibility index (Phi) is 11.4. The molecular weight excluding hydrogens is 252 g/mol. The van der Waals surface area contributed by atoms with E-state index in [0.717, 1.165) is 11.1 Å². The zero-order chi connectivity index (χ0) is 16.3. The largest absolute Gasteiger partial charge is 0.294 e. The van der Waals surface area contributed by atoms with Crippen molar-refractivity contribution in [1.82, 2.24) is 0 Å². The molecule has 0 aliphatic carbocycles. The predicted molar refractivity (Wildman–Crippen MR) is 83.2 cm³/mol. The van der Waals surface area contributed by atoms with Crippen LogP contribution in [0.1, 0.15) is 62.5 Å². The highest BCUT2D eigenvalue weighted by Gasteiger charge is 2.15. The number of ketones is 3. The molecule has 3 nitrogen and oxygen atoms in total. The molecule has 0 aliphatic rings. The lowest BCUT2D eigenvalue weighted by Gasteiger charge is -2.03. The highest BCUT2D eigenvalue weighted by molar-refractivity contribution is 6.40. The highest BCUT2D eigenvalue weighted by Crippen LogP contribution is 2.11. The van der Waals surface area contributed by atoms with E-state index in [-0.39, 0.29) is 12.2 Å². The van der Waals surface area contributed by atoms with Crippen molar-refractivity contribution < 1.29 is 14.4 Å². The lowest BCUT2D eigenvalue weighted by molar-refractivity contribution is -0.134. The molecule has 0 saturated carbocycles. The average molecular weight is 278 g/mol. The van der Waals surface area contributed by atoms with Crippen LogP contribution in [0, 0.1) is 13.8 Å². The number of benzene rings is 1. The summed E-state index contributed by atoms with van der Waals surface area (Å²) in [6.07, 6.45) is -0.335. The van der Waals surface area contributed by atoms with Crippen molar-refractivity contribution in [2.24, 2.45) is 0 Å². The second kappa shape index (κ2) is 11.1. The minimum absolute atomic E-state index is 0.299. The van der Waals surface area contributed by atoms with Gasteiger partial charge in [0.2, 0.25) is 5.78 Å². The maximum Gasteiger partial charge on any atom is 0.205 e. The van der Waals surface area contributed by atoms with Crippen molar-refractivity contribution >= 4 is 17.3 Å². The van der Waals surface area contributed by atoms with Gasteiger partial charge in [-0.25, -0.2) is 0 Å². The van der Waals surface area contributed by atoms with Crippen molar-refractivity contribution in [2.75, 3.05) is 0 Å². The fraction of sp³-hybridized carbons (Fsp3) is 0.471. The average Bonchev–Trinajstić information content (AvgIpc) is 2.42. The summed E-state index contributed by atoms with van der Waals surface area (Å²) in [7, 11) is 0. The smallest absolute Gasteiger partial charge is 0.205 e. The number of hydrogen-bond donors (Lipinski definition) is 0. The molecular formula is C17H26O3. The summed E-state index contributed by atoms with van der Waals surface area (Å²) in [6, 6.07) is 5.40. The molecule has 0 heterocycles. The quantitative estimate of drug-likeness (QED) is 0.473. The Morgan fingerprint density at radius 3 is 1.60 bits per heavy atom. The van der Waals surface area contributed by atoms with E-state index in [4.69, 9.17) is 0 Å². The SMILES string of the molecule is CC.CC.CC(=O)C(=O)CC(=O)c1cc(C)cc(C)c1. The van der Waals surface area contributed by atoms with E-state index in [9.17, 15) is 14.4 Å². The van der Waals surface area contributed by atoms with Crippen LogP contribution in [0.2, 0.25) is 0 Å². The first kappa shape index (κ1) is 20.5. The van der Waals surface area contributed by atoms with Crippen LogP contribution in [0.4, 0.5) is 0 Å². The van der Waals surface area contributed by atoms with Gasteiger partial charge in [0.05, 0.1) is 6.42 Å². The fourth-order valence-electron chi connectivity index (χ4n) is 1.51. The van der Waals surface area contributed by atoms with Crippen LogP contribution in [0.3, 0.4) is 0 Å². The number of aryl methyl sites for hydroxylation is 2. The van der Waals surface area contributed by atoms with Gasteiger partial charge in [0.1, 0.15) is 0 Å². The van der Waals surface area contributed by atoms with Gasteiger partial charge in [-0.2, -0.15) is 0 Å². The first-order valence-corrected chi connectivity index (χ1v) is 7.05. The topological polar surface area (TPSA) is 51.2 Å². The Morgan fingerprint density at radius 1 is 0.850 bits per heavy atom. The van der Waals surface area contributed by atoms with Gasteiger partial charge in [-0.1, -0.05) is 44.9 Å². The van der Waals surface area contributed by atoms with Gasteiger partial charge in [0.25, 0.3) is 0 Å². The molecule has 0 bridgehead atoms. The van der Waals surface area contributed by atoms with Gasteiger partial charge in [-0.05, 0) is 26.0 Å². The summed E-state index contributed by atoms with van der Waals surface area (Å²) in [4.78, 5) is 33.6. The molecule has 20 heavy (non-hydrogen) atoms. The van der Waals surface area contributed by atoms with Crippen LogP contribution in [-0.2, 0) is 9.59 Å². The summed E-state index contributed by atoms with van der Waals surface area (Å²) in [5.41, 5.74) is 2.43. The summed E-state index contributed by atoms with van der Waals surface area (Å²) in [6.45, 7) is 12.9. The van der Waals surface area contributed by atoms with Crippen molar-refractivity contribution in [1.29, 1.82) is 0 Å². The molecule has 0 spiro atoms. The maximum absolute atomic E-state index is 11.7. The van der Waals surface area contributed by atoms with Gasteiger partial charge in [-0.15, -0.1) is 0 Å². The van der Waals surface area contributed by atoms with Crippen molar-refractivity contribution in [2.45, 2.75) is 54.9 Å². The molecule has 0 radical (unpaired) electrons. The Hall–Kier alpha value is -1.77. The molecule has 0 N–H and O–H groups in total. The van der Waals surface area contributed by atoms with Gasteiger partial charge < -0.3 is 0 Å². The van der Waals surface area contributed by atoms with Crippen molar-refractivity contribution in [3.8, 4) is 0 Å². The van der Waals surface area contributed by atoms with E-state index in [2.05, 4.69) is 0 Å². The summed E-state index contributed by atoms with van der Waals surface area (Å²) in [5, 5.41) is 0. The molecule has 1 aromatic rings. The van der Waals surface area contributed by atoms with Gasteiger partial charge in [0.15, 0.2) is 11.6 Å². The monoisotopic (exact) mass is 278 g/mol. The van der Waals surface area contributed by atoms with Crippen LogP contribution in [0.25, 0.3) is 0 Å². The Balaban J connectivity index is 0. The lowest BCUT2D eigenvalue weighted by Crippen LogP contribution is -2.15. The number of Topliss-reactive ketones (excluding diaryl/α,β-unsaturated/α-hetero) is 3. The third-order valence-corrected chi connectivity index (χ3v) is 2.26. The second-order valence-corrected chi connectivity index (χ2v) is 3.96. The number of hydrogen-bond acceptors (Lipinski definition) is 3. The van der Waals surface area contributed by atoms with Gasteiger partial charge >= 0.3 is 0 Å². The van der Waals surface area contributed by atoms with Gasteiger partial charge in [-0.3, -0.25) is 14.4 Å². The zero-order valence-electron chi connectivity index (χ0n) is 13.7. The van der Waals surface area contributed by atoms with E-state index in [1.54, 1.807) is 12.1 Å². The van der Waals surface area contributed by atoms with Crippen LogP contribution < -0.4 is 0 Å². The molecule has 112 valence electrons. The van der Waals surface area contributed by atoms with E-state index in [0.29, 0.717) is 5.56 Å². The summed E-state index contributed by atoms with van der Waals surface area (Å²) >= 11 is 0. The number of carbonyl (C=O) groups is 3. The molecule has 0 saturated heterocycles. The minimum Gasteiger partial charge on any atom is -0.294 e. The van der Waals surface area contributed by atoms with Crippen LogP contribution in [0.15, 0.2) is 18.2 Å². The fourth-order valence-corrected chi connectivity index (χ4v) is 1.51. The summed E-state index contributed by atoms with van der Waals surface area (Å²) in [5.74, 6) is -1.51. The van der Waals surface area contributed by atoms with Crippen LogP contribution >= 0.6 is 0 Å². The Labute approximate surface area is 122 Å². The maximum atomic E-state index is 11.7. The van der Waals surface area contributed by atoms with Crippen molar-refractivity contribution in [3.05, 3.63) is 34.9 Å². The number of carbonyl (C=O) groups excluding carboxylic acids is 3. The predicted octanol–water partition coefficient (Wildman–Crippen LogP) is 4.09. The van der Waals surface area contributed by atoms with E-state index in [1.165, 1.54) is 6.92 Å². The molecule has 0 amide bonds. The molecule has 1 aromatic carbocycles. The molecule has 0 fully saturated rings. The van der Waals surface area contributed by atoms with E-state index in [1.807, 2.05) is 47.6 Å². The molecule has 1 rings (SSSR count). The Morgan fingerprint density at radius 2 is 1.25 bits per heavy atom. The number of rotatable bonds is 4. The molecule has 0 unspecified atom stereocenters. The molecule has 0 aliphatic heterocycles. The third-order valence-electron chi connectivity index (χ3n) is 2.26. The standard InChI is InChI=1S/C13H14O3.2C2H6/c1-8-4-9(2)6-11(5-8)13(16)7-12(15)10(3)14;2*1-2/h4-6H,7H2,1-3H3;2*1-2H3. The lowest BCUT2D eigenvalue weighted by atomic mass is 10.0. The second-order valence-electron chi connectivity index (χ2n) is 3.96. The zero-order valence-corrected chi connectivity index (χ0v) is 13.7. The molecule has 0 atom stereocenters. The first-order chi connectivity index (χ1) is 9.40. The van der Waals surface area contributed by atoms with E-state index < -0.39 is 11.6 Å². The van der Waals surface area contributed by atoms with Crippen LogP contribution in [0.5, 0.6) is 0 Å². The van der Waals surface area contributed by atoms with Crippen molar-refractivity contribution in [3.63, 3.8) is 0 Å². The first-order valence-electron chi connectivity index (χ1n) is 7.05. The summed E-state index contributed by atoms with van der Waals surface area (Å²) < 4.78 is 0. The van der Waals surface area contributed by atoms with E-state index >= 15 is 0 Å². The van der Waals surface area contributed by atoms with Gasteiger partial charge in [0, 0.05) is 12.5 Å². The van der Waals surface area contributed by atoms with Crippen LogP contribution in [-0.4, -0.2) is 17.3 Å².